The zero-order valence-electron chi connectivity index (χ0n) is 16.0. The van der Waals surface area contributed by atoms with Crippen molar-refractivity contribution in [2.45, 2.75) is 19.5 Å². The van der Waals surface area contributed by atoms with Crippen LogP contribution in [0, 0.1) is 11.3 Å². The second kappa shape index (κ2) is 9.38. The molecule has 0 bridgehead atoms. The lowest BCUT2D eigenvalue weighted by atomic mass is 9.95. The molecule has 0 aromatic heterocycles. The number of halogens is 2. The highest BCUT2D eigenvalue weighted by Gasteiger charge is 2.23. The highest BCUT2D eigenvalue weighted by Crippen LogP contribution is 2.40. The van der Waals surface area contributed by atoms with E-state index in [-0.39, 0.29) is 6.61 Å². The molecule has 1 fully saturated rings. The molecular formula is C22H25ClFN3O. The van der Waals surface area contributed by atoms with E-state index >= 15 is 0 Å². The van der Waals surface area contributed by atoms with Gasteiger partial charge < -0.3 is 10.0 Å². The van der Waals surface area contributed by atoms with Crippen LogP contribution in [-0.2, 0) is 0 Å². The Bertz CT molecular complexity index is 859. The van der Waals surface area contributed by atoms with Gasteiger partial charge in [-0.2, -0.15) is 5.26 Å². The third-order valence-electron chi connectivity index (χ3n) is 5.27. The number of nitrogens with zero attached hydrogens (tertiary/aromatic N) is 3. The van der Waals surface area contributed by atoms with E-state index in [2.05, 4.69) is 15.9 Å². The normalized spacial score (nSPS) is 16.0. The minimum Gasteiger partial charge on any atom is -0.395 e. The number of nitriles is 1. The number of piperazine rings is 1. The Kier molecular flexibility index (Phi) is 6.90. The first-order valence-electron chi connectivity index (χ1n) is 9.64. The van der Waals surface area contributed by atoms with Crippen LogP contribution in [0.25, 0.3) is 11.1 Å². The minimum atomic E-state index is -1.16. The maximum absolute atomic E-state index is 14.7. The standard InChI is InChI=1S/C22H25ClFN3O/c1-2-21(24)20-14-17(27-9-7-26(8-10-27)11-12-28)13-19(22(20)23)18-6-4-3-5-16(18)15-25/h3-6,13-14,21,28H,2,7-12H2,1H3/t21-/m1/s1. The molecule has 0 aliphatic carbocycles. The zero-order chi connectivity index (χ0) is 20.1. The van der Waals surface area contributed by atoms with E-state index in [9.17, 15) is 9.65 Å². The molecular weight excluding hydrogens is 377 g/mol. The summed E-state index contributed by atoms with van der Waals surface area (Å²) in [5.74, 6) is 0. The molecule has 0 spiro atoms. The Morgan fingerprint density at radius 3 is 2.54 bits per heavy atom. The van der Waals surface area contributed by atoms with Gasteiger partial charge in [0, 0.05) is 55.1 Å². The van der Waals surface area contributed by atoms with Crippen molar-refractivity contribution in [3.63, 3.8) is 0 Å². The number of aliphatic hydroxyl groups excluding tert-OH is 1. The van der Waals surface area contributed by atoms with Crippen molar-refractivity contribution in [1.82, 2.24) is 4.90 Å². The van der Waals surface area contributed by atoms with Crippen molar-refractivity contribution >= 4 is 17.3 Å². The second-order valence-corrected chi connectivity index (χ2v) is 7.36. The number of hydrogen-bond donors (Lipinski definition) is 1. The van der Waals surface area contributed by atoms with Crippen molar-refractivity contribution in [2.75, 3.05) is 44.2 Å². The van der Waals surface area contributed by atoms with E-state index in [1.54, 1.807) is 13.0 Å². The third kappa shape index (κ3) is 4.30. The fourth-order valence-electron chi connectivity index (χ4n) is 3.64. The first kappa shape index (κ1) is 20.6. The first-order valence-corrected chi connectivity index (χ1v) is 10.0. The van der Waals surface area contributed by atoms with E-state index in [4.69, 9.17) is 16.7 Å². The minimum absolute atomic E-state index is 0.153. The molecule has 28 heavy (non-hydrogen) atoms. The van der Waals surface area contributed by atoms with E-state index in [1.165, 1.54) is 0 Å². The van der Waals surface area contributed by atoms with Crippen LogP contribution >= 0.6 is 11.6 Å². The molecule has 2 aromatic rings. The van der Waals surface area contributed by atoms with Crippen molar-refractivity contribution in [1.29, 1.82) is 5.26 Å². The van der Waals surface area contributed by atoms with Crippen molar-refractivity contribution in [3.8, 4) is 17.2 Å². The van der Waals surface area contributed by atoms with Crippen LogP contribution in [-0.4, -0.2) is 49.3 Å². The monoisotopic (exact) mass is 401 g/mol. The molecule has 1 aliphatic heterocycles. The van der Waals surface area contributed by atoms with Gasteiger partial charge in [-0.3, -0.25) is 4.90 Å². The summed E-state index contributed by atoms with van der Waals surface area (Å²) in [5, 5.41) is 19.0. The lowest BCUT2D eigenvalue weighted by molar-refractivity contribution is 0.189. The van der Waals surface area contributed by atoms with Gasteiger partial charge in [-0.15, -0.1) is 0 Å². The molecule has 4 nitrogen and oxygen atoms in total. The average Bonchev–Trinajstić information content (AvgIpc) is 2.74. The van der Waals surface area contributed by atoms with Crippen molar-refractivity contribution < 1.29 is 9.50 Å². The molecule has 2 aromatic carbocycles. The van der Waals surface area contributed by atoms with Crippen molar-refractivity contribution in [3.05, 3.63) is 52.5 Å². The fourth-order valence-corrected chi connectivity index (χ4v) is 3.97. The topological polar surface area (TPSA) is 50.5 Å². The lowest BCUT2D eigenvalue weighted by Gasteiger charge is -2.36. The molecule has 0 radical (unpaired) electrons. The maximum atomic E-state index is 14.7. The Labute approximate surface area is 170 Å². The van der Waals surface area contributed by atoms with Gasteiger partial charge in [-0.05, 0) is 24.6 Å². The van der Waals surface area contributed by atoms with Gasteiger partial charge in [0.25, 0.3) is 0 Å². The predicted molar refractivity (Wildman–Crippen MR) is 111 cm³/mol. The van der Waals surface area contributed by atoms with E-state index in [1.807, 2.05) is 30.3 Å². The van der Waals surface area contributed by atoms with Crippen LogP contribution in [0.2, 0.25) is 5.02 Å². The number of rotatable bonds is 6. The van der Waals surface area contributed by atoms with Gasteiger partial charge in [0.05, 0.1) is 23.3 Å². The summed E-state index contributed by atoms with van der Waals surface area (Å²) in [6.07, 6.45) is -0.816. The Morgan fingerprint density at radius 2 is 1.89 bits per heavy atom. The molecule has 148 valence electrons. The number of anilines is 1. The van der Waals surface area contributed by atoms with Crippen LogP contribution in [0.1, 0.15) is 30.6 Å². The third-order valence-corrected chi connectivity index (χ3v) is 5.69. The second-order valence-electron chi connectivity index (χ2n) is 6.98. The Hall–Kier alpha value is -2.13. The molecule has 1 atom stereocenters. The molecule has 6 heteroatoms. The van der Waals surface area contributed by atoms with Crippen LogP contribution in [0.15, 0.2) is 36.4 Å². The number of β-amino-alcohol motifs (C(OH)–C–C–N with tert-alkyl or cyclic N) is 1. The highest BCUT2D eigenvalue weighted by atomic mass is 35.5. The summed E-state index contributed by atoms with van der Waals surface area (Å²) in [5.41, 5.74) is 3.33. The summed E-state index contributed by atoms with van der Waals surface area (Å²) >= 11 is 6.62. The average molecular weight is 402 g/mol. The predicted octanol–water partition coefficient (Wildman–Crippen LogP) is 4.41. The molecule has 1 heterocycles. The number of aliphatic hydroxyl groups is 1. The quantitative estimate of drug-likeness (QED) is 0.778. The largest absolute Gasteiger partial charge is 0.395 e. The molecule has 0 amide bonds. The molecule has 1 aliphatic rings. The van der Waals surface area contributed by atoms with E-state index < -0.39 is 6.17 Å². The van der Waals surface area contributed by atoms with Gasteiger partial charge in [0.2, 0.25) is 0 Å². The van der Waals surface area contributed by atoms with Crippen LogP contribution in [0.4, 0.5) is 10.1 Å². The lowest BCUT2D eigenvalue weighted by Crippen LogP contribution is -2.47. The van der Waals surface area contributed by atoms with Gasteiger partial charge in [0.1, 0.15) is 6.17 Å². The van der Waals surface area contributed by atoms with Gasteiger partial charge in [-0.25, -0.2) is 4.39 Å². The summed E-state index contributed by atoms with van der Waals surface area (Å²) in [6.45, 7) is 5.89. The molecule has 0 saturated carbocycles. The van der Waals surface area contributed by atoms with Crippen molar-refractivity contribution in [2.24, 2.45) is 0 Å². The Balaban J connectivity index is 2.03. The SMILES string of the molecule is CC[C@@H](F)c1cc(N2CCN(CCO)CC2)cc(-c2ccccc2C#N)c1Cl. The van der Waals surface area contributed by atoms with E-state index in [0.717, 1.165) is 37.4 Å². The smallest absolute Gasteiger partial charge is 0.126 e. The molecule has 1 N–H and O–H groups in total. The molecule has 1 saturated heterocycles. The fraction of sp³-hybridized carbons (Fsp3) is 0.409. The maximum Gasteiger partial charge on any atom is 0.126 e. The van der Waals surface area contributed by atoms with Gasteiger partial charge in [0.15, 0.2) is 0 Å². The van der Waals surface area contributed by atoms with Crippen LogP contribution in [0.3, 0.4) is 0 Å². The Morgan fingerprint density at radius 1 is 1.18 bits per heavy atom. The summed E-state index contributed by atoms with van der Waals surface area (Å²) in [6, 6.07) is 13.3. The van der Waals surface area contributed by atoms with Gasteiger partial charge >= 0.3 is 0 Å². The number of alkyl halides is 1. The zero-order valence-corrected chi connectivity index (χ0v) is 16.8. The van der Waals surface area contributed by atoms with Crippen LogP contribution in [0.5, 0.6) is 0 Å². The van der Waals surface area contributed by atoms with Gasteiger partial charge in [-0.1, -0.05) is 36.7 Å². The number of benzene rings is 2. The van der Waals surface area contributed by atoms with Crippen LogP contribution < -0.4 is 4.90 Å². The first-order chi connectivity index (χ1) is 13.6. The number of hydrogen-bond acceptors (Lipinski definition) is 4. The summed E-state index contributed by atoms with van der Waals surface area (Å²) in [7, 11) is 0. The summed E-state index contributed by atoms with van der Waals surface area (Å²) in [4.78, 5) is 4.43. The molecule has 0 unspecified atom stereocenters. The highest BCUT2D eigenvalue weighted by molar-refractivity contribution is 6.34. The van der Waals surface area contributed by atoms with E-state index in [0.29, 0.717) is 34.7 Å². The summed E-state index contributed by atoms with van der Waals surface area (Å²) < 4.78 is 14.7. The molecule has 3 rings (SSSR count).